The van der Waals surface area contributed by atoms with Crippen molar-refractivity contribution in [3.63, 3.8) is 0 Å². The summed E-state index contributed by atoms with van der Waals surface area (Å²) in [6, 6.07) is 7.75. The molecule has 1 nitrogen and oxygen atoms in total. The number of hydrogen-bond donors (Lipinski definition) is 1. The number of benzene rings is 1. The first-order chi connectivity index (χ1) is 7.92. The van der Waals surface area contributed by atoms with Crippen molar-refractivity contribution < 1.29 is 4.39 Å². The van der Waals surface area contributed by atoms with Crippen molar-refractivity contribution in [1.29, 1.82) is 0 Å². The molecular weight excluding hydrogens is 213 g/mol. The number of alkyl halides is 1. The fraction of sp³-hybridized carbons (Fsp3) is 0.600. The van der Waals surface area contributed by atoms with Crippen molar-refractivity contribution in [2.45, 2.75) is 57.2 Å². The SMILES string of the molecule is CC(C)(F)c1ccc(C2(N)CCCCC2)cc1. The second-order valence-corrected chi connectivity index (χ2v) is 5.77. The van der Waals surface area contributed by atoms with E-state index in [1.54, 1.807) is 13.8 Å². The Hall–Kier alpha value is -0.890. The lowest BCUT2D eigenvalue weighted by atomic mass is 9.77. The van der Waals surface area contributed by atoms with Crippen LogP contribution in [0, 0.1) is 0 Å². The molecule has 2 rings (SSSR count). The number of nitrogens with two attached hydrogens (primary N) is 1. The lowest BCUT2D eigenvalue weighted by molar-refractivity contribution is 0.221. The van der Waals surface area contributed by atoms with Crippen LogP contribution in [0.1, 0.15) is 57.1 Å². The highest BCUT2D eigenvalue weighted by atomic mass is 19.1. The molecule has 0 aromatic heterocycles. The van der Waals surface area contributed by atoms with Gasteiger partial charge in [-0.15, -0.1) is 0 Å². The van der Waals surface area contributed by atoms with E-state index in [0.717, 1.165) is 24.0 Å². The molecule has 1 aromatic carbocycles. The molecular formula is C15H22FN. The van der Waals surface area contributed by atoms with Gasteiger partial charge in [-0.25, -0.2) is 4.39 Å². The summed E-state index contributed by atoms with van der Waals surface area (Å²) in [6.07, 6.45) is 5.78. The molecule has 2 N–H and O–H groups in total. The highest BCUT2D eigenvalue weighted by Gasteiger charge is 2.29. The van der Waals surface area contributed by atoms with Gasteiger partial charge in [0, 0.05) is 5.54 Å². The second kappa shape index (κ2) is 4.41. The van der Waals surface area contributed by atoms with Crippen LogP contribution in [-0.4, -0.2) is 0 Å². The van der Waals surface area contributed by atoms with Gasteiger partial charge >= 0.3 is 0 Å². The molecule has 0 radical (unpaired) electrons. The topological polar surface area (TPSA) is 26.0 Å². The summed E-state index contributed by atoms with van der Waals surface area (Å²) < 4.78 is 13.8. The maximum absolute atomic E-state index is 13.8. The van der Waals surface area contributed by atoms with Crippen molar-refractivity contribution in [2.75, 3.05) is 0 Å². The molecule has 1 aliphatic carbocycles. The van der Waals surface area contributed by atoms with Gasteiger partial charge < -0.3 is 5.73 Å². The third-order valence-electron chi connectivity index (χ3n) is 3.89. The van der Waals surface area contributed by atoms with Crippen molar-refractivity contribution in [1.82, 2.24) is 0 Å². The first-order valence-electron chi connectivity index (χ1n) is 6.51. The molecule has 0 spiro atoms. The zero-order chi connectivity index (χ0) is 12.5. The highest BCUT2D eigenvalue weighted by Crippen LogP contribution is 2.35. The molecule has 0 amide bonds. The average Bonchev–Trinajstić information content (AvgIpc) is 2.29. The fourth-order valence-corrected chi connectivity index (χ4v) is 2.67. The van der Waals surface area contributed by atoms with E-state index in [4.69, 9.17) is 5.73 Å². The molecule has 17 heavy (non-hydrogen) atoms. The van der Waals surface area contributed by atoms with E-state index >= 15 is 0 Å². The van der Waals surface area contributed by atoms with E-state index < -0.39 is 5.67 Å². The van der Waals surface area contributed by atoms with Gasteiger partial charge in [-0.2, -0.15) is 0 Å². The van der Waals surface area contributed by atoms with Crippen LogP contribution in [0.15, 0.2) is 24.3 Å². The van der Waals surface area contributed by atoms with Crippen LogP contribution in [0.3, 0.4) is 0 Å². The first kappa shape index (κ1) is 12.6. The van der Waals surface area contributed by atoms with Gasteiger partial charge in [0.05, 0.1) is 0 Å². The zero-order valence-corrected chi connectivity index (χ0v) is 10.8. The molecule has 0 aliphatic heterocycles. The molecule has 94 valence electrons. The van der Waals surface area contributed by atoms with Crippen LogP contribution in [-0.2, 0) is 11.2 Å². The first-order valence-corrected chi connectivity index (χ1v) is 6.51. The minimum absolute atomic E-state index is 0.183. The lowest BCUT2D eigenvalue weighted by Crippen LogP contribution is -2.38. The maximum Gasteiger partial charge on any atom is 0.130 e. The van der Waals surface area contributed by atoms with Crippen LogP contribution < -0.4 is 5.73 Å². The predicted molar refractivity (Wildman–Crippen MR) is 69.5 cm³/mol. The van der Waals surface area contributed by atoms with Crippen molar-refractivity contribution >= 4 is 0 Å². The molecule has 1 saturated carbocycles. The molecule has 0 bridgehead atoms. The Morgan fingerprint density at radius 2 is 1.59 bits per heavy atom. The Balaban J connectivity index is 2.23. The Kier molecular flexibility index (Phi) is 3.26. The van der Waals surface area contributed by atoms with Crippen molar-refractivity contribution in [3.05, 3.63) is 35.4 Å². The quantitative estimate of drug-likeness (QED) is 0.823. The van der Waals surface area contributed by atoms with Gasteiger partial charge in [-0.3, -0.25) is 0 Å². The van der Waals surface area contributed by atoms with Crippen LogP contribution in [0.5, 0.6) is 0 Å². The summed E-state index contributed by atoms with van der Waals surface area (Å²) in [5, 5.41) is 0. The molecule has 0 heterocycles. The van der Waals surface area contributed by atoms with E-state index in [2.05, 4.69) is 0 Å². The number of halogens is 1. The molecule has 0 unspecified atom stereocenters. The highest BCUT2D eigenvalue weighted by molar-refractivity contribution is 5.31. The van der Waals surface area contributed by atoms with Gasteiger partial charge in [0.2, 0.25) is 0 Å². The Bertz CT molecular complexity index is 369. The van der Waals surface area contributed by atoms with Crippen LogP contribution in [0.2, 0.25) is 0 Å². The molecule has 1 aliphatic rings. The molecule has 2 heteroatoms. The third-order valence-corrected chi connectivity index (χ3v) is 3.89. The van der Waals surface area contributed by atoms with Gasteiger partial charge in [-0.1, -0.05) is 43.5 Å². The van der Waals surface area contributed by atoms with E-state index in [1.165, 1.54) is 19.3 Å². The van der Waals surface area contributed by atoms with Crippen molar-refractivity contribution in [2.24, 2.45) is 5.73 Å². The van der Waals surface area contributed by atoms with Gasteiger partial charge in [0.25, 0.3) is 0 Å². The van der Waals surface area contributed by atoms with Gasteiger partial charge in [0.15, 0.2) is 0 Å². The van der Waals surface area contributed by atoms with E-state index in [9.17, 15) is 4.39 Å². The average molecular weight is 235 g/mol. The van der Waals surface area contributed by atoms with Crippen LogP contribution in [0.25, 0.3) is 0 Å². The fourth-order valence-electron chi connectivity index (χ4n) is 2.67. The van der Waals surface area contributed by atoms with Gasteiger partial charge in [0.1, 0.15) is 5.67 Å². The summed E-state index contributed by atoms with van der Waals surface area (Å²) >= 11 is 0. The lowest BCUT2D eigenvalue weighted by Gasteiger charge is -2.34. The normalized spacial score (nSPS) is 20.2. The Morgan fingerprint density at radius 1 is 1.06 bits per heavy atom. The molecule has 0 atom stereocenters. The van der Waals surface area contributed by atoms with Gasteiger partial charge in [-0.05, 0) is 37.8 Å². The largest absolute Gasteiger partial charge is 0.321 e. The minimum atomic E-state index is -1.27. The Morgan fingerprint density at radius 3 is 2.06 bits per heavy atom. The third kappa shape index (κ3) is 2.68. The summed E-state index contributed by atoms with van der Waals surface area (Å²) in [4.78, 5) is 0. The van der Waals surface area contributed by atoms with Crippen LogP contribution in [0.4, 0.5) is 4.39 Å². The van der Waals surface area contributed by atoms with E-state index in [-0.39, 0.29) is 5.54 Å². The summed E-state index contributed by atoms with van der Waals surface area (Å²) in [7, 11) is 0. The monoisotopic (exact) mass is 235 g/mol. The van der Waals surface area contributed by atoms with E-state index in [1.807, 2.05) is 24.3 Å². The maximum atomic E-state index is 13.8. The zero-order valence-electron chi connectivity index (χ0n) is 10.8. The van der Waals surface area contributed by atoms with Crippen LogP contribution >= 0.6 is 0 Å². The number of hydrogen-bond acceptors (Lipinski definition) is 1. The van der Waals surface area contributed by atoms with Crippen molar-refractivity contribution in [3.8, 4) is 0 Å². The standard InChI is InChI=1S/C15H22FN/c1-14(2,16)12-6-8-13(9-7-12)15(17)10-4-3-5-11-15/h6-9H,3-5,10-11,17H2,1-2H3. The summed E-state index contributed by atoms with van der Waals surface area (Å²) in [5.74, 6) is 0. The molecule has 0 saturated heterocycles. The van der Waals surface area contributed by atoms with E-state index in [0.29, 0.717) is 0 Å². The predicted octanol–water partition coefficient (Wildman–Crippen LogP) is 4.01. The summed E-state index contributed by atoms with van der Waals surface area (Å²) in [6.45, 7) is 3.17. The molecule has 1 aromatic rings. The Labute approximate surface area is 103 Å². The molecule has 1 fully saturated rings. The second-order valence-electron chi connectivity index (χ2n) is 5.77. The smallest absolute Gasteiger partial charge is 0.130 e. The number of rotatable bonds is 2. The minimum Gasteiger partial charge on any atom is -0.321 e. The summed E-state index contributed by atoms with van der Waals surface area (Å²) in [5.41, 5.74) is 6.87.